The number of piperidine rings is 4. The highest BCUT2D eigenvalue weighted by atomic mass is 16.6. The zero-order chi connectivity index (χ0) is 185. The second-order valence-corrected chi connectivity index (χ2v) is 23.6. The number of carbonyl (C=O) groups excluding carboxylic acids is 4. The highest BCUT2D eigenvalue weighted by Crippen LogP contribution is 2.50. The van der Waals surface area contributed by atoms with Crippen molar-refractivity contribution in [3.63, 3.8) is 0 Å². The summed E-state index contributed by atoms with van der Waals surface area (Å²) in [5.41, 5.74) is 10.5. The number of methoxy groups -OCH3 is 8. The van der Waals surface area contributed by atoms with Crippen LogP contribution in [0.3, 0.4) is 0 Å². The van der Waals surface area contributed by atoms with Crippen LogP contribution in [0.5, 0.6) is 46.0 Å². The molecular formula is C96H152N8O16. The van der Waals surface area contributed by atoms with Crippen LogP contribution in [0, 0.1) is 70.7 Å². The van der Waals surface area contributed by atoms with E-state index in [1.54, 1.807) is 0 Å². The topological polar surface area (TPSA) is 296 Å². The Morgan fingerprint density at radius 3 is 0.975 bits per heavy atom. The third-order valence-corrected chi connectivity index (χ3v) is 15.3. The van der Waals surface area contributed by atoms with Crippen molar-refractivity contribution < 1.29 is 228 Å². The third-order valence-electron chi connectivity index (χ3n) is 15.3. The highest BCUT2D eigenvalue weighted by Gasteiger charge is 2.47. The molecule has 672 valence electrons. The summed E-state index contributed by atoms with van der Waals surface area (Å²) in [5, 5.41) is 0. The molecule has 24 nitrogen and oxygen atoms in total. The maximum atomic E-state index is 14.1. The Morgan fingerprint density at radius 2 is 0.650 bits per heavy atom. The van der Waals surface area contributed by atoms with Crippen LogP contribution in [0.25, 0.3) is 0 Å². The monoisotopic (exact) mass is 1780 g/mol. The molecule has 4 fully saturated rings. The fourth-order valence-corrected chi connectivity index (χ4v) is 10.0. The van der Waals surface area contributed by atoms with Crippen LogP contribution < -0.4 is 60.8 Å². The van der Waals surface area contributed by atoms with Gasteiger partial charge in [-0.3, -0.25) is 38.8 Å². The molecule has 0 aromatic heterocycles. The highest BCUT2D eigenvalue weighted by molar-refractivity contribution is 5.77. The molecule has 12 rings (SSSR count). The molecule has 0 saturated carbocycles. The molecule has 0 bridgehead atoms. The number of esters is 4. The number of hydrogen-bond acceptors (Lipinski definition) is 24. The van der Waals surface area contributed by atoms with Gasteiger partial charge in [-0.25, -0.2) is 0 Å². The van der Waals surface area contributed by atoms with Gasteiger partial charge in [0.25, 0.3) is 0 Å². The Bertz CT molecular complexity index is 9340. The number of benzene rings is 4. The molecule has 8 aliphatic rings. The molecule has 120 heavy (non-hydrogen) atoms. The summed E-state index contributed by atoms with van der Waals surface area (Å²) in [6, 6.07) is -44.6. The molecule has 0 amide bonds. The normalized spacial score (nSPS) is 56.0. The number of hydrogen-bond donors (Lipinski definition) is 4. The van der Waals surface area contributed by atoms with E-state index in [4.69, 9.17) is 198 Å². The van der Waals surface area contributed by atoms with Crippen LogP contribution in [0.1, 0.15) is 382 Å². The average molecular weight is 1790 g/mol. The predicted octanol–water partition coefficient (Wildman–Crippen LogP) is 14.3. The van der Waals surface area contributed by atoms with Gasteiger partial charge in [-0.2, -0.15) is 0 Å². The maximum Gasteiger partial charge on any atom is 0.323 e. The second kappa shape index (κ2) is 43.9. The largest absolute Gasteiger partial charge is 0.493 e. The number of fused-ring (bicyclic) bond motifs is 12. The number of ether oxygens (including phenoxy) is 12. The maximum absolute atomic E-state index is 14.1. The molecule has 20 atom stereocenters. The lowest BCUT2D eigenvalue weighted by Gasteiger charge is -2.47. The van der Waals surface area contributed by atoms with Crippen molar-refractivity contribution in [2.24, 2.45) is 93.7 Å². The van der Waals surface area contributed by atoms with Crippen molar-refractivity contribution in [1.82, 2.24) is 19.6 Å². The summed E-state index contributed by atoms with van der Waals surface area (Å²) < 4.78 is 1000. The van der Waals surface area contributed by atoms with E-state index in [-0.39, 0.29) is 27.7 Å². The molecule has 24 heteroatoms. The molecule has 4 aromatic carbocycles. The molecule has 16 unspecified atom stereocenters. The molecule has 8 aliphatic heterocycles. The lowest BCUT2D eigenvalue weighted by atomic mass is 9.79. The first-order valence-electron chi connectivity index (χ1n) is 88.6. The van der Waals surface area contributed by atoms with Gasteiger partial charge in [0.1, 0.15) is 48.4 Å². The SMILES string of the molecule is [2H]c1c(OC([2H])([2H])[2H])c(OC)c([2H])c2c1C([2H])([2H])C([2H])([2H])N1C([2H])([2H])C([2H])(C([2H])([2H])C([2H])(C)C([2H])([2H])[2H])C([2H])(OC(=O)[C@@]([2H])(N)C([2H])(C([2H])([2H])[2H])C([2H])([2H])[2H])C([2H])([2H])C21[2H].[2H]c1c(OC)c(OC([2H])([2H])[2H])c([2H])c2c1C1N(C([2H])([2H])C2([2H])[2H])C([2H])([2H])C([2H])(C([2H])([2H])C([2H])(C)C([2H])([2H])[2H])C([2H])(OC(=O)[C@@]([2H])(N)C([2H])(C([2H])([2H])[2H])C([2H])([2H])[2H])C1([2H])[2H].[2H]c1c(OC)c(OC)c([2H])c2c1C([2H])([2H])C([2H])([2H])N1C([2H])([2H])C([2H])(C([2H])([2H])C([2H])(C)C([2H])([2H])[2H])C(OC(=O)[C@@]([2H])(N)C([2H])(C([2H])([2H])[2H])C([2H])([2H])[2H])C([2H])([2H])C21[2H].[2H]c1c(OC)c(OC)c([2H])c2c1C1N(C([2H])([2H])C2([2H])[2H])C([2H])([2H])C([2H])(C([2H])([2H])C([2H])(C)C([2H])([2H])[2H])C([2H])(OC(=O)[C@@]([2H])(N)C([2H])(C([2H])([2H])[2H])C([2H])([2H])[2H])C1([2H])[2H]. The molecule has 8 N–H and O–H groups in total. The van der Waals surface area contributed by atoms with Gasteiger partial charge in [0.2, 0.25) is 0 Å². The smallest absolute Gasteiger partial charge is 0.323 e. The molecule has 0 spiro atoms. The van der Waals surface area contributed by atoms with E-state index in [1.807, 2.05) is 0 Å². The minimum atomic E-state index is -5.28. The van der Waals surface area contributed by atoms with Crippen molar-refractivity contribution in [2.45, 2.75) is 259 Å². The van der Waals surface area contributed by atoms with Gasteiger partial charge in [0.15, 0.2) is 46.0 Å². The molecule has 0 aliphatic carbocycles. The lowest BCUT2D eigenvalue weighted by Crippen LogP contribution is -2.51. The van der Waals surface area contributed by atoms with E-state index in [1.165, 1.54) is 0 Å². The van der Waals surface area contributed by atoms with Crippen LogP contribution in [0.4, 0.5) is 0 Å². The summed E-state index contributed by atoms with van der Waals surface area (Å²) in [4.78, 5) is 53.3. The van der Waals surface area contributed by atoms with E-state index in [0.29, 0.717) is 7.11 Å². The summed E-state index contributed by atoms with van der Waals surface area (Å²) in [7, 11) is -2.15. The Labute approximate surface area is 874 Å². The molecular weight excluding hydrogens is 1520 g/mol. The third kappa shape index (κ3) is 23.8. The van der Waals surface area contributed by atoms with Crippen molar-refractivity contribution in [1.29, 1.82) is 0 Å². The first kappa shape index (κ1) is 26.3. The fourth-order valence-electron chi connectivity index (χ4n) is 10.0. The summed E-state index contributed by atoms with van der Waals surface area (Å²) in [5.74, 6) is -73.9. The number of carbonyl (C=O) groups is 4. The minimum Gasteiger partial charge on any atom is -0.493 e. The Balaban J connectivity index is 0.000000330. The molecule has 4 saturated heterocycles. The van der Waals surface area contributed by atoms with Crippen molar-refractivity contribution in [3.8, 4) is 46.0 Å². The zero-order valence-corrected chi connectivity index (χ0v) is 63.9. The van der Waals surface area contributed by atoms with Gasteiger partial charge in [-0.15, -0.1) is 0 Å². The van der Waals surface area contributed by atoms with E-state index >= 15 is 0 Å². The van der Waals surface area contributed by atoms with Crippen LogP contribution in [-0.4, -0.2) is 201 Å². The first-order valence-corrected chi connectivity index (χ1v) is 33.1. The van der Waals surface area contributed by atoms with Crippen LogP contribution in [0.2, 0.25) is 0 Å². The van der Waals surface area contributed by atoms with Crippen molar-refractivity contribution in [3.05, 3.63) is 92.8 Å². The van der Waals surface area contributed by atoms with Gasteiger partial charge in [0, 0.05) is 246 Å². The summed E-state index contributed by atoms with van der Waals surface area (Å²) in [6.07, 6.45) is -72.4. The Hall–Kier alpha value is -7.16. The number of nitrogens with zero attached hydrogens (tertiary/aromatic N) is 4. The quantitative estimate of drug-likeness (QED) is 0.0303. The van der Waals surface area contributed by atoms with Gasteiger partial charge in [-0.1, -0.05) is 110 Å². The molecule has 0 radical (unpaired) electrons. The second-order valence-electron chi connectivity index (χ2n) is 23.6. The Kier molecular flexibility index (Phi) is 9.61. The van der Waals surface area contributed by atoms with Gasteiger partial charge in [-0.05, 0) is 191 Å². The summed E-state index contributed by atoms with van der Waals surface area (Å²) >= 11 is 0. The van der Waals surface area contributed by atoms with E-state index in [0.717, 1.165) is 35.5 Å². The van der Waals surface area contributed by atoms with Gasteiger partial charge >= 0.3 is 23.9 Å². The van der Waals surface area contributed by atoms with Crippen LogP contribution in [0.15, 0.2) is 48.3 Å². The van der Waals surface area contributed by atoms with E-state index < -0.39 is 550 Å². The number of rotatable bonds is 28. The predicted molar refractivity (Wildman–Crippen MR) is 471 cm³/mol. The van der Waals surface area contributed by atoms with Crippen molar-refractivity contribution >= 4 is 23.9 Å². The van der Waals surface area contributed by atoms with E-state index in [2.05, 4.69) is 0 Å². The zero-order valence-electron chi connectivity index (χ0n) is 175. The number of nitrogens with two attached hydrogens (primary N) is 4. The van der Waals surface area contributed by atoms with Gasteiger partial charge < -0.3 is 79.8 Å². The van der Waals surface area contributed by atoms with Crippen molar-refractivity contribution in [2.75, 3.05) is 109 Å². The van der Waals surface area contributed by atoms with E-state index in [9.17, 15) is 53.4 Å². The van der Waals surface area contributed by atoms with Gasteiger partial charge in [0.05, 0.1) is 88.3 Å². The van der Waals surface area contributed by atoms with Crippen LogP contribution in [-0.2, 0) is 63.6 Å². The lowest BCUT2D eigenvalue weighted by molar-refractivity contribution is -0.161. The van der Waals surface area contributed by atoms with Crippen LogP contribution >= 0.6 is 0 Å². The minimum absolute atomic E-state index is 0.132. The molecule has 8 heterocycles. The standard InChI is InChI=1S/4C24H38N2O4/c4*1-14(2)9-17-13-26-8-7-16-10-21(28-5)22(29-6)11-18(16)19(26)12-20(17)30-24(27)23(25)15(3)4/h4*10-11,14-15,17,19-20,23H,7-9,12-13,25H2,1-6H3/t4*17?,19?,20?,23-/m0000/s1/i1D3,3D3,4D3,5D3,7D2,8D2,9D2,10D,11D,12D2,13D2,14D,15D,17D,19D,20D,23D;1D3,3D3,4D3,5D3,7D2,8D2,9D2,10D,11D,12D2,13D2,14D,15D,17D,20D,23D;1D3,3D3,4D3,7D2,8D2,9D2,10D,11D,12D2,13D2,14D,15D,17D,20D,23D;1D3,3D3,4D3,7D2,8D2,9D2,10D,11D,12D2,13D2,14D,15D,17D,19D,23D/t4*14?,17?,19?,20?,23-. The first-order chi connectivity index (χ1) is 100. The summed E-state index contributed by atoms with van der Waals surface area (Å²) in [6.45, 7) is -85.9. The average Bonchev–Trinajstić information content (AvgIpc) is 0.619. The molecule has 4 aromatic rings. The Morgan fingerprint density at radius 1 is 0.383 bits per heavy atom. The fraction of sp³-hybridized carbons (Fsp3) is 0.708.